The summed E-state index contributed by atoms with van der Waals surface area (Å²) in [4.78, 5) is 20.0. The highest BCUT2D eigenvalue weighted by atomic mass is 16.5. The van der Waals surface area contributed by atoms with E-state index in [0.717, 1.165) is 82.8 Å². The smallest absolute Gasteiger partial charge is 0.227 e. The summed E-state index contributed by atoms with van der Waals surface area (Å²) in [6.07, 6.45) is 3.45. The predicted molar refractivity (Wildman–Crippen MR) is 131 cm³/mol. The Morgan fingerprint density at radius 1 is 0.818 bits per heavy atom. The van der Waals surface area contributed by atoms with E-state index >= 15 is 0 Å². The van der Waals surface area contributed by atoms with Crippen molar-refractivity contribution in [3.05, 3.63) is 35.0 Å². The van der Waals surface area contributed by atoms with E-state index in [0.29, 0.717) is 0 Å². The van der Waals surface area contributed by atoms with Crippen LogP contribution in [0, 0.1) is 0 Å². The molecule has 0 radical (unpaired) electrons. The van der Waals surface area contributed by atoms with E-state index in [1.54, 1.807) is 14.2 Å². The summed E-state index contributed by atoms with van der Waals surface area (Å²) in [6.45, 7) is 9.05. The van der Waals surface area contributed by atoms with E-state index < -0.39 is 0 Å². The minimum absolute atomic E-state index is 0.833. The van der Waals surface area contributed by atoms with Gasteiger partial charge in [0.2, 0.25) is 5.95 Å². The van der Waals surface area contributed by atoms with Crippen LogP contribution in [-0.2, 0) is 19.5 Å². The second-order valence-corrected chi connectivity index (χ2v) is 9.44. The molecule has 0 amide bonds. The van der Waals surface area contributed by atoms with E-state index in [9.17, 15) is 0 Å². The van der Waals surface area contributed by atoms with Crippen LogP contribution in [-0.4, -0.2) is 86.8 Å². The number of methoxy groups -OCH3 is 2. The van der Waals surface area contributed by atoms with Gasteiger partial charge in [-0.05, 0) is 37.6 Å². The van der Waals surface area contributed by atoms with E-state index in [-0.39, 0.29) is 0 Å². The molecule has 1 aromatic carbocycles. The zero-order valence-corrected chi connectivity index (χ0v) is 20.2. The fraction of sp³-hybridized carbons (Fsp3) is 0.600. The molecule has 0 spiro atoms. The molecule has 8 heteroatoms. The number of aromatic nitrogens is 2. The van der Waals surface area contributed by atoms with Gasteiger partial charge < -0.3 is 24.2 Å². The Hall–Kier alpha value is -2.58. The van der Waals surface area contributed by atoms with E-state index in [2.05, 4.69) is 38.8 Å². The van der Waals surface area contributed by atoms with E-state index in [1.807, 2.05) is 6.07 Å². The van der Waals surface area contributed by atoms with Crippen LogP contribution in [0.25, 0.3) is 0 Å². The van der Waals surface area contributed by atoms with Gasteiger partial charge >= 0.3 is 0 Å². The van der Waals surface area contributed by atoms with E-state index in [4.69, 9.17) is 19.4 Å². The molecule has 1 aromatic heterocycles. The van der Waals surface area contributed by atoms with Gasteiger partial charge in [-0.3, -0.25) is 4.90 Å². The van der Waals surface area contributed by atoms with Crippen molar-refractivity contribution in [2.45, 2.75) is 32.4 Å². The lowest BCUT2D eigenvalue weighted by Crippen LogP contribution is -2.45. The van der Waals surface area contributed by atoms with Crippen molar-refractivity contribution in [1.82, 2.24) is 19.8 Å². The summed E-state index contributed by atoms with van der Waals surface area (Å²) in [7, 11) is 5.59. The molecule has 33 heavy (non-hydrogen) atoms. The largest absolute Gasteiger partial charge is 0.497 e. The summed E-state index contributed by atoms with van der Waals surface area (Å²) in [6, 6.07) is 6.13. The summed E-state index contributed by atoms with van der Waals surface area (Å²) in [5.41, 5.74) is 3.75. The predicted octanol–water partition coefficient (Wildman–Crippen LogP) is 2.40. The van der Waals surface area contributed by atoms with Crippen LogP contribution in [0.4, 0.5) is 11.8 Å². The second kappa shape index (κ2) is 9.73. The van der Waals surface area contributed by atoms with Gasteiger partial charge in [0.05, 0.1) is 19.9 Å². The second-order valence-electron chi connectivity index (χ2n) is 9.44. The van der Waals surface area contributed by atoms with Crippen molar-refractivity contribution in [2.75, 3.05) is 76.9 Å². The van der Waals surface area contributed by atoms with Crippen molar-refractivity contribution < 1.29 is 9.47 Å². The number of likely N-dealkylation sites (N-methyl/N-ethyl adjacent to an activating group) is 1. The molecular weight excluding hydrogens is 416 g/mol. The third-order valence-electron chi connectivity index (χ3n) is 7.11. The Kier molecular flexibility index (Phi) is 6.55. The van der Waals surface area contributed by atoms with Crippen LogP contribution >= 0.6 is 0 Å². The molecule has 2 aromatic rings. The van der Waals surface area contributed by atoms with Crippen LogP contribution in [0.5, 0.6) is 11.5 Å². The number of fused-ring (bicyclic) bond motifs is 1. The average Bonchev–Trinajstić information content (AvgIpc) is 3.38. The van der Waals surface area contributed by atoms with Gasteiger partial charge in [0, 0.05) is 77.0 Å². The number of nitrogens with zero attached hydrogens (tertiary/aromatic N) is 6. The number of anilines is 2. The Bertz CT molecular complexity index is 947. The van der Waals surface area contributed by atoms with Gasteiger partial charge in [-0.2, -0.15) is 4.98 Å². The summed E-state index contributed by atoms with van der Waals surface area (Å²) in [5, 5.41) is 0. The van der Waals surface area contributed by atoms with Gasteiger partial charge in [-0.1, -0.05) is 0 Å². The molecule has 0 aliphatic carbocycles. The standard InChI is InChI=1S/C25H36N6O2/c1-28-10-12-31(13-11-28)25-26-23-6-9-29(17-19-14-20(32-2)16-21(15-19)33-3)18-22(23)24(27-25)30-7-4-5-8-30/h14-16H,4-13,17-18H2,1-3H3. The minimum Gasteiger partial charge on any atom is -0.497 e. The SMILES string of the molecule is COc1cc(CN2CCc3nc(N4CCN(C)CC4)nc(N4CCCC4)c3C2)cc(OC)c1. The monoisotopic (exact) mass is 452 g/mol. The lowest BCUT2D eigenvalue weighted by Gasteiger charge is -2.35. The lowest BCUT2D eigenvalue weighted by molar-refractivity contribution is 0.242. The molecule has 2 saturated heterocycles. The van der Waals surface area contributed by atoms with Crippen molar-refractivity contribution in [3.8, 4) is 11.5 Å². The molecule has 5 rings (SSSR count). The van der Waals surface area contributed by atoms with Crippen molar-refractivity contribution in [1.29, 1.82) is 0 Å². The molecule has 0 N–H and O–H groups in total. The number of benzene rings is 1. The van der Waals surface area contributed by atoms with Crippen LogP contribution in [0.1, 0.15) is 29.7 Å². The molecule has 0 saturated carbocycles. The van der Waals surface area contributed by atoms with Gasteiger partial charge in [-0.25, -0.2) is 4.98 Å². The number of ether oxygens (including phenoxy) is 2. The van der Waals surface area contributed by atoms with Crippen molar-refractivity contribution in [2.24, 2.45) is 0 Å². The fourth-order valence-corrected chi connectivity index (χ4v) is 5.13. The Labute approximate surface area is 197 Å². The summed E-state index contributed by atoms with van der Waals surface area (Å²) in [5.74, 6) is 3.76. The number of hydrogen-bond donors (Lipinski definition) is 0. The fourth-order valence-electron chi connectivity index (χ4n) is 5.13. The summed E-state index contributed by atoms with van der Waals surface area (Å²) >= 11 is 0. The number of piperazine rings is 1. The summed E-state index contributed by atoms with van der Waals surface area (Å²) < 4.78 is 10.9. The Morgan fingerprint density at radius 3 is 2.18 bits per heavy atom. The third-order valence-corrected chi connectivity index (χ3v) is 7.11. The quantitative estimate of drug-likeness (QED) is 0.662. The first-order chi connectivity index (χ1) is 16.1. The highest BCUT2D eigenvalue weighted by Crippen LogP contribution is 2.32. The molecule has 0 atom stereocenters. The lowest BCUT2D eigenvalue weighted by atomic mass is 10.0. The Balaban J connectivity index is 1.40. The maximum absolute atomic E-state index is 5.47. The molecule has 3 aliphatic rings. The molecule has 178 valence electrons. The van der Waals surface area contributed by atoms with Gasteiger partial charge in [0.1, 0.15) is 17.3 Å². The zero-order valence-electron chi connectivity index (χ0n) is 20.2. The number of rotatable bonds is 6. The molecular formula is C25H36N6O2. The molecule has 8 nitrogen and oxygen atoms in total. The highest BCUT2D eigenvalue weighted by molar-refractivity contribution is 5.55. The van der Waals surface area contributed by atoms with Crippen LogP contribution < -0.4 is 19.3 Å². The molecule has 0 unspecified atom stereocenters. The highest BCUT2D eigenvalue weighted by Gasteiger charge is 2.28. The third kappa shape index (κ3) is 4.87. The van der Waals surface area contributed by atoms with Crippen molar-refractivity contribution >= 4 is 11.8 Å². The van der Waals surface area contributed by atoms with Gasteiger partial charge in [0.15, 0.2) is 0 Å². The molecule has 4 heterocycles. The average molecular weight is 453 g/mol. The van der Waals surface area contributed by atoms with Crippen LogP contribution in [0.2, 0.25) is 0 Å². The maximum atomic E-state index is 5.47. The molecule has 2 fully saturated rings. The van der Waals surface area contributed by atoms with Gasteiger partial charge in [-0.15, -0.1) is 0 Å². The first-order valence-corrected chi connectivity index (χ1v) is 12.2. The van der Waals surface area contributed by atoms with Crippen molar-refractivity contribution in [3.63, 3.8) is 0 Å². The molecule has 0 bridgehead atoms. The Morgan fingerprint density at radius 2 is 1.52 bits per heavy atom. The maximum Gasteiger partial charge on any atom is 0.227 e. The number of hydrogen-bond acceptors (Lipinski definition) is 8. The topological polar surface area (TPSA) is 57.2 Å². The minimum atomic E-state index is 0.833. The van der Waals surface area contributed by atoms with Crippen LogP contribution in [0.15, 0.2) is 18.2 Å². The molecule has 3 aliphatic heterocycles. The van der Waals surface area contributed by atoms with Gasteiger partial charge in [0.25, 0.3) is 0 Å². The van der Waals surface area contributed by atoms with Crippen LogP contribution in [0.3, 0.4) is 0 Å². The first kappa shape index (κ1) is 22.2. The van der Waals surface area contributed by atoms with E-state index in [1.165, 1.54) is 35.5 Å². The zero-order chi connectivity index (χ0) is 22.8. The first-order valence-electron chi connectivity index (χ1n) is 12.2. The normalized spacial score (nSPS) is 19.6.